The number of benzene rings is 3. The molecule has 38 heavy (non-hydrogen) atoms. The zero-order valence-corrected chi connectivity index (χ0v) is 23.0. The van der Waals surface area contributed by atoms with Crippen molar-refractivity contribution in [3.05, 3.63) is 108 Å². The van der Waals surface area contributed by atoms with Gasteiger partial charge in [-0.25, -0.2) is 12.4 Å². The largest absolute Gasteiger partial charge is 0.483 e. The van der Waals surface area contributed by atoms with Gasteiger partial charge in [0, 0.05) is 17.1 Å². The maximum Gasteiger partial charge on any atom is 0.297 e. The zero-order valence-electron chi connectivity index (χ0n) is 21.4. The number of aromatic nitrogens is 1. The summed E-state index contributed by atoms with van der Waals surface area (Å²) in [4.78, 5) is 0.209. The van der Waals surface area contributed by atoms with Crippen molar-refractivity contribution in [2.75, 3.05) is 6.61 Å². The van der Waals surface area contributed by atoms with Crippen molar-refractivity contribution in [3.63, 3.8) is 0 Å². The maximum atomic E-state index is 13.4. The molecule has 1 atom stereocenters. The first-order valence-electron chi connectivity index (χ1n) is 11.9. The van der Waals surface area contributed by atoms with Gasteiger partial charge in [0.1, 0.15) is 18.5 Å². The lowest BCUT2D eigenvalue weighted by Crippen LogP contribution is -2.23. The Bertz CT molecular complexity index is 1700. The monoisotopic (exact) mass is 551 g/mol. The van der Waals surface area contributed by atoms with Gasteiger partial charge in [0.25, 0.3) is 20.1 Å². The average Bonchev–Trinajstić information content (AvgIpc) is 3.33. The number of hydrogen-bond donors (Lipinski definition) is 0. The lowest BCUT2D eigenvalue weighted by atomic mass is 10.1. The Labute approximate surface area is 223 Å². The van der Waals surface area contributed by atoms with Crippen LogP contribution in [0.25, 0.3) is 17.0 Å². The fourth-order valence-corrected chi connectivity index (χ4v) is 6.15. The molecule has 0 aliphatic carbocycles. The van der Waals surface area contributed by atoms with Gasteiger partial charge < -0.3 is 4.74 Å². The predicted octanol–water partition coefficient (Wildman–Crippen LogP) is 5.87. The molecule has 4 rings (SSSR count). The third kappa shape index (κ3) is 5.60. The number of ether oxygens (including phenoxy) is 1. The molecule has 1 heterocycles. The van der Waals surface area contributed by atoms with Crippen LogP contribution in [0.1, 0.15) is 23.6 Å². The molecule has 0 bridgehead atoms. The molecule has 0 amide bonds. The number of fused-ring (bicyclic) bond motifs is 1. The van der Waals surface area contributed by atoms with Gasteiger partial charge in [0.05, 0.1) is 15.3 Å². The van der Waals surface area contributed by atoms with Crippen LogP contribution in [-0.4, -0.2) is 33.5 Å². The van der Waals surface area contributed by atoms with Crippen LogP contribution >= 0.6 is 0 Å². The summed E-state index contributed by atoms with van der Waals surface area (Å²) in [6.45, 7) is 9.06. The topological polar surface area (TPSA) is 91.7 Å². The van der Waals surface area contributed by atoms with Gasteiger partial charge in [-0.15, -0.1) is 0 Å². The Morgan fingerprint density at radius 2 is 1.47 bits per heavy atom. The quantitative estimate of drug-likeness (QED) is 0.181. The van der Waals surface area contributed by atoms with Crippen LogP contribution in [0.5, 0.6) is 5.75 Å². The Hall–Kier alpha value is -3.66. The molecule has 7 nitrogen and oxygen atoms in total. The molecule has 4 aromatic rings. The minimum absolute atomic E-state index is 0.0426. The summed E-state index contributed by atoms with van der Waals surface area (Å²) < 4.78 is 64.8. The molecule has 0 spiro atoms. The molecule has 9 heteroatoms. The molecule has 1 aromatic heterocycles. The van der Waals surface area contributed by atoms with Crippen LogP contribution in [0, 0.1) is 13.8 Å². The second-order valence-electron chi connectivity index (χ2n) is 8.79. The first-order valence-corrected chi connectivity index (χ1v) is 14.8. The van der Waals surface area contributed by atoms with E-state index in [2.05, 4.69) is 6.58 Å². The van der Waals surface area contributed by atoms with Crippen molar-refractivity contribution in [2.24, 2.45) is 0 Å². The first kappa shape index (κ1) is 27.4. The van der Waals surface area contributed by atoms with Crippen LogP contribution in [0.2, 0.25) is 0 Å². The van der Waals surface area contributed by atoms with Gasteiger partial charge in [0.15, 0.2) is 0 Å². The fourth-order valence-electron chi connectivity index (χ4n) is 3.89. The Morgan fingerprint density at radius 1 is 0.868 bits per heavy atom. The van der Waals surface area contributed by atoms with Crippen LogP contribution in [0.3, 0.4) is 0 Å². The van der Waals surface area contributed by atoms with Crippen LogP contribution in [0.4, 0.5) is 0 Å². The van der Waals surface area contributed by atoms with Crippen molar-refractivity contribution in [2.45, 2.75) is 36.7 Å². The molecule has 3 aromatic carbocycles. The van der Waals surface area contributed by atoms with Crippen molar-refractivity contribution in [1.29, 1.82) is 0 Å². The van der Waals surface area contributed by atoms with Crippen molar-refractivity contribution in [3.8, 4) is 5.75 Å². The van der Waals surface area contributed by atoms with Gasteiger partial charge >= 0.3 is 0 Å². The molecule has 0 aliphatic rings. The maximum absolute atomic E-state index is 13.4. The third-order valence-electron chi connectivity index (χ3n) is 5.97. The SMILES string of the molecule is C=C[C@H](COS(=O)(=O)c1ccc(C)cc1)Oc1c(C=CC)ccc2c1ccn2S(=O)(=O)c1ccc(C)cc1. The van der Waals surface area contributed by atoms with Gasteiger partial charge in [0.2, 0.25) is 0 Å². The van der Waals surface area contributed by atoms with E-state index in [0.29, 0.717) is 22.2 Å². The smallest absolute Gasteiger partial charge is 0.297 e. The fraction of sp³-hybridized carbons (Fsp3) is 0.172. The number of allylic oxidation sites excluding steroid dienone is 1. The van der Waals surface area contributed by atoms with Gasteiger partial charge in [-0.3, -0.25) is 4.18 Å². The van der Waals surface area contributed by atoms with E-state index >= 15 is 0 Å². The summed E-state index contributed by atoms with van der Waals surface area (Å²) >= 11 is 0. The van der Waals surface area contributed by atoms with Gasteiger partial charge in [-0.1, -0.05) is 54.1 Å². The highest BCUT2D eigenvalue weighted by molar-refractivity contribution is 7.90. The van der Waals surface area contributed by atoms with E-state index in [9.17, 15) is 16.8 Å². The number of aryl methyl sites for hydroxylation is 2. The van der Waals surface area contributed by atoms with Gasteiger partial charge in [-0.2, -0.15) is 8.42 Å². The first-order chi connectivity index (χ1) is 18.1. The molecule has 0 unspecified atom stereocenters. The summed E-state index contributed by atoms with van der Waals surface area (Å²) in [5.74, 6) is 0.389. The highest BCUT2D eigenvalue weighted by atomic mass is 32.2. The van der Waals surface area contributed by atoms with E-state index in [1.54, 1.807) is 54.6 Å². The summed E-state index contributed by atoms with van der Waals surface area (Å²) in [7, 11) is -7.87. The summed E-state index contributed by atoms with van der Waals surface area (Å²) in [6.07, 6.45) is 5.75. The van der Waals surface area contributed by atoms with E-state index in [0.717, 1.165) is 11.1 Å². The lowest BCUT2D eigenvalue weighted by Gasteiger charge is -2.19. The van der Waals surface area contributed by atoms with E-state index < -0.39 is 26.2 Å². The van der Waals surface area contributed by atoms with Gasteiger partial charge in [-0.05, 0) is 69.3 Å². The standard InChI is InChI=1S/C29H29NO6S2/c1-5-7-23-12-17-28-27(18-19-30(28)37(31,32)25-13-8-21(3)9-14-25)29(23)36-24(6-2)20-35-38(33,34)26-15-10-22(4)11-16-26/h5-19,24H,2,20H2,1,3-4H3/t24-/m1/s1. The van der Waals surface area contributed by atoms with Crippen molar-refractivity contribution >= 4 is 37.1 Å². The minimum Gasteiger partial charge on any atom is -0.483 e. The number of nitrogens with zero attached hydrogens (tertiary/aromatic N) is 1. The zero-order chi connectivity index (χ0) is 27.5. The molecule has 0 aliphatic heterocycles. The van der Waals surface area contributed by atoms with E-state index in [1.165, 1.54) is 28.4 Å². The number of hydrogen-bond acceptors (Lipinski definition) is 6. The van der Waals surface area contributed by atoms with Crippen molar-refractivity contribution < 1.29 is 25.8 Å². The molecular formula is C29H29NO6S2. The van der Waals surface area contributed by atoms with Crippen LogP contribution in [-0.2, 0) is 24.3 Å². The third-order valence-corrected chi connectivity index (χ3v) is 8.97. The van der Waals surface area contributed by atoms with E-state index in [1.807, 2.05) is 32.9 Å². The second kappa shape index (κ2) is 11.0. The second-order valence-corrected chi connectivity index (χ2v) is 12.2. The predicted molar refractivity (Wildman–Crippen MR) is 149 cm³/mol. The molecule has 0 N–H and O–H groups in total. The summed E-state index contributed by atoms with van der Waals surface area (Å²) in [6, 6.07) is 18.1. The molecular weight excluding hydrogens is 522 g/mol. The molecule has 0 radical (unpaired) electrons. The minimum atomic E-state index is -4.01. The van der Waals surface area contributed by atoms with E-state index in [4.69, 9.17) is 8.92 Å². The molecule has 198 valence electrons. The average molecular weight is 552 g/mol. The highest BCUT2D eigenvalue weighted by Gasteiger charge is 2.23. The molecule has 0 saturated carbocycles. The summed E-state index contributed by atoms with van der Waals surface area (Å²) in [5, 5.41) is 0.546. The highest BCUT2D eigenvalue weighted by Crippen LogP contribution is 2.34. The molecule has 0 fully saturated rings. The normalized spacial score (nSPS) is 13.1. The lowest BCUT2D eigenvalue weighted by molar-refractivity contribution is 0.169. The van der Waals surface area contributed by atoms with E-state index in [-0.39, 0.29) is 16.4 Å². The Balaban J connectivity index is 1.68. The molecule has 0 saturated heterocycles. The Morgan fingerprint density at radius 3 is 2.05 bits per heavy atom. The van der Waals surface area contributed by atoms with Crippen molar-refractivity contribution in [1.82, 2.24) is 3.97 Å². The summed E-state index contributed by atoms with van der Waals surface area (Å²) in [5.41, 5.74) is 3.00. The van der Waals surface area contributed by atoms with Crippen LogP contribution in [0.15, 0.2) is 101 Å². The number of rotatable bonds is 10. The van der Waals surface area contributed by atoms with Crippen LogP contribution < -0.4 is 4.74 Å². The Kier molecular flexibility index (Phi) is 7.91.